The molecule has 28 heavy (non-hydrogen) atoms. The number of carbonyl (C=O) groups excluding carboxylic acids is 2. The van der Waals surface area contributed by atoms with Gasteiger partial charge in [-0.15, -0.1) is 0 Å². The van der Waals surface area contributed by atoms with Gasteiger partial charge in [-0.1, -0.05) is 37.8 Å². The molecule has 1 fully saturated rings. The van der Waals surface area contributed by atoms with Gasteiger partial charge < -0.3 is 14.6 Å². The largest absolute Gasteiger partial charge is 0.497 e. The average molecular weight is 382 g/mol. The van der Waals surface area contributed by atoms with Crippen LogP contribution in [0, 0.1) is 0 Å². The minimum atomic E-state index is -0.525. The highest BCUT2D eigenvalue weighted by Gasteiger charge is 2.19. The summed E-state index contributed by atoms with van der Waals surface area (Å²) in [4.78, 5) is 36.7. The summed E-state index contributed by atoms with van der Waals surface area (Å²) in [5.41, 5.74) is 0.408. The van der Waals surface area contributed by atoms with Gasteiger partial charge in [-0.2, -0.15) is 0 Å². The van der Waals surface area contributed by atoms with Gasteiger partial charge in [-0.25, -0.2) is 0 Å². The second-order valence-electron chi connectivity index (χ2n) is 7.26. The van der Waals surface area contributed by atoms with Crippen LogP contribution in [0.5, 0.6) is 5.75 Å². The Labute approximate surface area is 164 Å². The lowest BCUT2D eigenvalue weighted by Crippen LogP contribution is -2.38. The van der Waals surface area contributed by atoms with Gasteiger partial charge in [0, 0.05) is 25.0 Å². The third-order valence-corrected chi connectivity index (χ3v) is 5.17. The SMILES string of the molecule is COc1cccc(Cn2cc(C=O)c(=O)c(C(=O)NC3CCCCCC3)c2)c1. The van der Waals surface area contributed by atoms with Crippen LogP contribution in [0.2, 0.25) is 0 Å². The second-order valence-corrected chi connectivity index (χ2v) is 7.26. The van der Waals surface area contributed by atoms with Gasteiger partial charge in [0.05, 0.1) is 12.7 Å². The van der Waals surface area contributed by atoms with Crippen molar-refractivity contribution in [1.82, 2.24) is 9.88 Å². The lowest BCUT2D eigenvalue weighted by Gasteiger charge is -2.17. The summed E-state index contributed by atoms with van der Waals surface area (Å²) in [5, 5.41) is 2.99. The van der Waals surface area contributed by atoms with Gasteiger partial charge in [0.2, 0.25) is 5.43 Å². The predicted octanol–water partition coefficient (Wildman–Crippen LogP) is 3.17. The lowest BCUT2D eigenvalue weighted by atomic mass is 10.1. The van der Waals surface area contributed by atoms with E-state index in [0.29, 0.717) is 12.8 Å². The fourth-order valence-electron chi connectivity index (χ4n) is 3.66. The van der Waals surface area contributed by atoms with Gasteiger partial charge in [0.15, 0.2) is 6.29 Å². The Hall–Kier alpha value is -2.89. The molecule has 0 bridgehead atoms. The van der Waals surface area contributed by atoms with Gasteiger partial charge in [0.25, 0.3) is 5.91 Å². The summed E-state index contributed by atoms with van der Waals surface area (Å²) >= 11 is 0. The van der Waals surface area contributed by atoms with Crippen LogP contribution in [0.1, 0.15) is 64.8 Å². The Kier molecular flexibility index (Phi) is 6.63. The van der Waals surface area contributed by atoms with Crippen molar-refractivity contribution in [3.63, 3.8) is 0 Å². The van der Waals surface area contributed by atoms with Crippen molar-refractivity contribution in [2.24, 2.45) is 0 Å². The first kappa shape index (κ1) is 19.9. The Morgan fingerprint density at radius 3 is 2.64 bits per heavy atom. The van der Waals surface area contributed by atoms with Crippen LogP contribution in [-0.2, 0) is 6.54 Å². The highest BCUT2D eigenvalue weighted by Crippen LogP contribution is 2.18. The van der Waals surface area contributed by atoms with E-state index < -0.39 is 11.3 Å². The molecular formula is C22H26N2O4. The molecule has 1 saturated carbocycles. The van der Waals surface area contributed by atoms with E-state index in [1.807, 2.05) is 24.3 Å². The normalized spacial score (nSPS) is 14.9. The molecule has 0 radical (unpaired) electrons. The average Bonchev–Trinajstić information content (AvgIpc) is 2.97. The Morgan fingerprint density at radius 1 is 1.21 bits per heavy atom. The number of carbonyl (C=O) groups is 2. The number of aldehydes is 1. The van der Waals surface area contributed by atoms with Crippen LogP contribution in [0.15, 0.2) is 41.5 Å². The highest BCUT2D eigenvalue weighted by atomic mass is 16.5. The molecule has 1 amide bonds. The molecular weight excluding hydrogens is 356 g/mol. The van der Waals surface area contributed by atoms with Crippen LogP contribution in [0.3, 0.4) is 0 Å². The Morgan fingerprint density at radius 2 is 1.96 bits per heavy atom. The topological polar surface area (TPSA) is 77.4 Å². The van der Waals surface area contributed by atoms with E-state index in [1.54, 1.807) is 11.7 Å². The molecule has 1 aromatic carbocycles. The van der Waals surface area contributed by atoms with Gasteiger partial charge >= 0.3 is 0 Å². The summed E-state index contributed by atoms with van der Waals surface area (Å²) < 4.78 is 6.93. The zero-order valence-electron chi connectivity index (χ0n) is 16.1. The number of pyridine rings is 1. The number of amides is 1. The first-order chi connectivity index (χ1) is 13.6. The molecule has 2 aromatic rings. The number of rotatable bonds is 6. The third kappa shape index (κ3) is 4.88. The minimum absolute atomic E-state index is 0.0109. The van der Waals surface area contributed by atoms with Gasteiger partial charge in [-0.05, 0) is 30.5 Å². The number of benzene rings is 1. The number of aromatic nitrogens is 1. The summed E-state index contributed by atoms with van der Waals surface area (Å²) in [6.45, 7) is 0.419. The van der Waals surface area contributed by atoms with Crippen molar-refractivity contribution < 1.29 is 14.3 Å². The van der Waals surface area contributed by atoms with Gasteiger partial charge in [-0.3, -0.25) is 14.4 Å². The smallest absolute Gasteiger partial charge is 0.256 e. The number of methoxy groups -OCH3 is 1. The van der Waals surface area contributed by atoms with E-state index in [1.165, 1.54) is 25.2 Å². The van der Waals surface area contributed by atoms with Crippen LogP contribution in [-0.4, -0.2) is 29.9 Å². The quantitative estimate of drug-likeness (QED) is 0.615. The third-order valence-electron chi connectivity index (χ3n) is 5.17. The van der Waals surface area contributed by atoms with Gasteiger partial charge in [0.1, 0.15) is 11.3 Å². The zero-order valence-corrected chi connectivity index (χ0v) is 16.1. The number of nitrogens with zero attached hydrogens (tertiary/aromatic N) is 1. The molecule has 3 rings (SSSR count). The molecule has 0 saturated heterocycles. The van der Waals surface area contributed by atoms with Crippen molar-refractivity contribution in [2.45, 2.75) is 51.1 Å². The van der Waals surface area contributed by atoms with E-state index >= 15 is 0 Å². The minimum Gasteiger partial charge on any atom is -0.497 e. The Balaban J connectivity index is 1.85. The van der Waals surface area contributed by atoms with Crippen molar-refractivity contribution in [3.8, 4) is 5.75 Å². The summed E-state index contributed by atoms with van der Waals surface area (Å²) in [7, 11) is 1.60. The second kappa shape index (κ2) is 9.35. The molecule has 0 atom stereocenters. The van der Waals surface area contributed by atoms with E-state index in [0.717, 1.165) is 37.0 Å². The van der Waals surface area contributed by atoms with Crippen LogP contribution in [0.25, 0.3) is 0 Å². The van der Waals surface area contributed by atoms with Crippen molar-refractivity contribution in [1.29, 1.82) is 0 Å². The molecule has 148 valence electrons. The lowest BCUT2D eigenvalue weighted by molar-refractivity contribution is 0.0931. The maximum Gasteiger partial charge on any atom is 0.256 e. The van der Waals surface area contributed by atoms with E-state index in [9.17, 15) is 14.4 Å². The van der Waals surface area contributed by atoms with Crippen molar-refractivity contribution in [2.75, 3.05) is 7.11 Å². The maximum absolute atomic E-state index is 12.8. The molecule has 1 N–H and O–H groups in total. The standard InChI is InChI=1S/C22H26N2O4/c1-28-19-10-6-7-16(11-19)12-24-13-17(15-25)21(26)20(14-24)22(27)23-18-8-4-2-3-5-9-18/h6-7,10-11,13-15,18H,2-5,8-9,12H2,1H3,(H,23,27). The first-order valence-corrected chi connectivity index (χ1v) is 9.74. The van der Waals surface area contributed by atoms with E-state index in [2.05, 4.69) is 5.32 Å². The molecule has 0 aliphatic heterocycles. The number of hydrogen-bond acceptors (Lipinski definition) is 4. The molecule has 0 spiro atoms. The summed E-state index contributed by atoms with van der Waals surface area (Å²) in [5.74, 6) is 0.320. The van der Waals surface area contributed by atoms with E-state index in [4.69, 9.17) is 4.74 Å². The number of hydrogen-bond donors (Lipinski definition) is 1. The fraction of sp³-hybridized carbons (Fsp3) is 0.409. The predicted molar refractivity (Wildman–Crippen MR) is 107 cm³/mol. The summed E-state index contributed by atoms with van der Waals surface area (Å²) in [6.07, 6.45) is 9.90. The van der Waals surface area contributed by atoms with Crippen LogP contribution < -0.4 is 15.5 Å². The monoisotopic (exact) mass is 382 g/mol. The van der Waals surface area contributed by atoms with Crippen molar-refractivity contribution >= 4 is 12.2 Å². The maximum atomic E-state index is 12.8. The van der Waals surface area contributed by atoms with E-state index in [-0.39, 0.29) is 17.2 Å². The molecule has 1 aromatic heterocycles. The molecule has 1 aliphatic rings. The molecule has 1 heterocycles. The Bertz CT molecular complexity index is 896. The molecule has 1 aliphatic carbocycles. The molecule has 0 unspecified atom stereocenters. The van der Waals surface area contributed by atoms with Crippen molar-refractivity contribution in [3.05, 3.63) is 63.6 Å². The molecule has 6 nitrogen and oxygen atoms in total. The van der Waals surface area contributed by atoms with Crippen LogP contribution >= 0.6 is 0 Å². The first-order valence-electron chi connectivity index (χ1n) is 9.74. The van der Waals surface area contributed by atoms with Crippen LogP contribution in [0.4, 0.5) is 0 Å². The molecule has 6 heteroatoms. The fourth-order valence-corrected chi connectivity index (χ4v) is 3.66. The zero-order chi connectivity index (χ0) is 19.9. The highest BCUT2D eigenvalue weighted by molar-refractivity contribution is 5.95. The number of ether oxygens (including phenoxy) is 1. The summed E-state index contributed by atoms with van der Waals surface area (Å²) in [6, 6.07) is 7.60. The number of nitrogens with one attached hydrogen (secondary N) is 1.